The maximum absolute atomic E-state index is 12.1. The van der Waals surface area contributed by atoms with Crippen molar-refractivity contribution in [3.05, 3.63) is 60.8 Å². The van der Waals surface area contributed by atoms with Gasteiger partial charge in [-0.3, -0.25) is 4.79 Å². The molecule has 26 heavy (non-hydrogen) atoms. The lowest BCUT2D eigenvalue weighted by Crippen LogP contribution is -2.08. The molecule has 0 saturated carbocycles. The lowest BCUT2D eigenvalue weighted by atomic mass is 10.2. The maximum atomic E-state index is 12.1. The van der Waals surface area contributed by atoms with E-state index in [0.717, 1.165) is 5.56 Å². The number of anilines is 1. The van der Waals surface area contributed by atoms with Gasteiger partial charge in [-0.1, -0.05) is 0 Å². The van der Waals surface area contributed by atoms with E-state index in [1.807, 2.05) is 0 Å². The molecule has 1 aromatic carbocycles. The van der Waals surface area contributed by atoms with Gasteiger partial charge in [0.05, 0.1) is 26.1 Å². The number of carbonyl (C=O) groups excluding carboxylic acids is 1. The number of carbonyl (C=O) groups is 1. The van der Waals surface area contributed by atoms with E-state index in [9.17, 15) is 4.79 Å². The van der Waals surface area contributed by atoms with Crippen molar-refractivity contribution in [3.63, 3.8) is 0 Å². The number of hydrogen-bond acceptors (Lipinski definition) is 6. The first-order valence-electron chi connectivity index (χ1n) is 7.71. The molecule has 0 radical (unpaired) electrons. The van der Waals surface area contributed by atoms with Gasteiger partial charge in [-0.15, -0.1) is 0 Å². The molecule has 2 aromatic heterocycles. The molecule has 8 heteroatoms. The van der Waals surface area contributed by atoms with E-state index in [0.29, 0.717) is 23.0 Å². The topological polar surface area (TPSA) is 91.2 Å². The van der Waals surface area contributed by atoms with E-state index < -0.39 is 0 Å². The van der Waals surface area contributed by atoms with E-state index in [4.69, 9.17) is 9.47 Å². The summed E-state index contributed by atoms with van der Waals surface area (Å²) in [4.78, 5) is 20.2. The first-order valence-corrected chi connectivity index (χ1v) is 7.71. The fourth-order valence-corrected chi connectivity index (χ4v) is 2.20. The van der Waals surface area contributed by atoms with Crippen molar-refractivity contribution >= 4 is 17.7 Å². The number of hydrogen-bond donors (Lipinski definition) is 1. The standard InChI is InChI=1S/C18H17N5O3/c1-25-15-7-13(8-16(9-15)26-2)3-6-18(24)22-14-4-5-17(20-10-14)23-12-19-11-21-23/h3-12H,1-2H3,(H,22,24)/b6-3+. The predicted molar refractivity (Wildman–Crippen MR) is 96.4 cm³/mol. The highest BCUT2D eigenvalue weighted by atomic mass is 16.5. The number of pyridine rings is 1. The molecule has 0 saturated heterocycles. The summed E-state index contributed by atoms with van der Waals surface area (Å²) >= 11 is 0. The van der Waals surface area contributed by atoms with Crippen LogP contribution in [0.4, 0.5) is 5.69 Å². The van der Waals surface area contributed by atoms with Crippen molar-refractivity contribution in [1.82, 2.24) is 19.7 Å². The van der Waals surface area contributed by atoms with Gasteiger partial charge in [0.2, 0.25) is 5.91 Å². The number of rotatable bonds is 6. The Balaban J connectivity index is 1.66. The minimum Gasteiger partial charge on any atom is -0.497 e. The number of nitrogens with zero attached hydrogens (tertiary/aromatic N) is 4. The van der Waals surface area contributed by atoms with Crippen LogP contribution in [-0.4, -0.2) is 39.9 Å². The summed E-state index contributed by atoms with van der Waals surface area (Å²) in [5, 5.41) is 6.74. The van der Waals surface area contributed by atoms with E-state index in [-0.39, 0.29) is 5.91 Å². The molecule has 1 N–H and O–H groups in total. The van der Waals surface area contributed by atoms with Crippen molar-refractivity contribution in [2.45, 2.75) is 0 Å². The summed E-state index contributed by atoms with van der Waals surface area (Å²) in [5.74, 6) is 1.64. The van der Waals surface area contributed by atoms with Gasteiger partial charge in [-0.05, 0) is 35.9 Å². The van der Waals surface area contributed by atoms with Crippen LogP contribution in [0.3, 0.4) is 0 Å². The number of benzene rings is 1. The van der Waals surface area contributed by atoms with E-state index in [1.54, 1.807) is 63.2 Å². The first-order chi connectivity index (χ1) is 12.7. The first kappa shape index (κ1) is 17.2. The molecule has 3 aromatic rings. The van der Waals surface area contributed by atoms with Gasteiger partial charge in [0.15, 0.2) is 5.82 Å². The van der Waals surface area contributed by atoms with Crippen LogP contribution in [0.15, 0.2) is 55.3 Å². The minimum atomic E-state index is -0.276. The van der Waals surface area contributed by atoms with Gasteiger partial charge in [0.1, 0.15) is 24.2 Å². The summed E-state index contributed by atoms with van der Waals surface area (Å²) in [6.45, 7) is 0. The quantitative estimate of drug-likeness (QED) is 0.686. The van der Waals surface area contributed by atoms with Crippen molar-refractivity contribution in [3.8, 4) is 17.3 Å². The van der Waals surface area contributed by atoms with Crippen LogP contribution in [0.2, 0.25) is 0 Å². The van der Waals surface area contributed by atoms with Crippen LogP contribution < -0.4 is 14.8 Å². The van der Waals surface area contributed by atoms with Gasteiger partial charge < -0.3 is 14.8 Å². The zero-order valence-corrected chi connectivity index (χ0v) is 14.3. The maximum Gasteiger partial charge on any atom is 0.248 e. The largest absolute Gasteiger partial charge is 0.497 e. The van der Waals surface area contributed by atoms with Gasteiger partial charge in [-0.2, -0.15) is 5.10 Å². The summed E-state index contributed by atoms with van der Waals surface area (Å²) in [6, 6.07) is 8.85. The summed E-state index contributed by atoms with van der Waals surface area (Å²) < 4.78 is 11.9. The second-order valence-corrected chi connectivity index (χ2v) is 5.21. The number of amides is 1. The molecule has 0 spiro atoms. The third-order valence-corrected chi connectivity index (χ3v) is 3.47. The zero-order valence-electron chi connectivity index (χ0n) is 14.3. The predicted octanol–water partition coefficient (Wildman–Crippen LogP) is 2.33. The van der Waals surface area contributed by atoms with Crippen LogP contribution in [-0.2, 0) is 4.79 Å². The van der Waals surface area contributed by atoms with Crippen molar-refractivity contribution in [1.29, 1.82) is 0 Å². The summed E-state index contributed by atoms with van der Waals surface area (Å²) in [6.07, 6.45) is 7.63. The molecule has 0 aliphatic rings. The fourth-order valence-electron chi connectivity index (χ4n) is 2.20. The van der Waals surface area contributed by atoms with Gasteiger partial charge in [0, 0.05) is 12.1 Å². The summed E-state index contributed by atoms with van der Waals surface area (Å²) in [7, 11) is 3.15. The van der Waals surface area contributed by atoms with E-state index >= 15 is 0 Å². The van der Waals surface area contributed by atoms with Crippen molar-refractivity contribution in [2.75, 3.05) is 19.5 Å². The Morgan fingerprint density at radius 2 is 1.92 bits per heavy atom. The monoisotopic (exact) mass is 351 g/mol. The molecule has 132 valence electrons. The van der Waals surface area contributed by atoms with Crippen LogP contribution in [0.25, 0.3) is 11.9 Å². The number of ether oxygens (including phenoxy) is 2. The minimum absolute atomic E-state index is 0.276. The Morgan fingerprint density at radius 1 is 1.15 bits per heavy atom. The molecule has 1 amide bonds. The Hall–Kier alpha value is -3.68. The summed E-state index contributed by atoms with van der Waals surface area (Å²) in [5.41, 5.74) is 1.36. The number of nitrogens with one attached hydrogen (secondary N) is 1. The zero-order chi connectivity index (χ0) is 18.4. The molecular weight excluding hydrogens is 334 g/mol. The second-order valence-electron chi connectivity index (χ2n) is 5.21. The van der Waals surface area contributed by atoms with Crippen LogP contribution >= 0.6 is 0 Å². The molecule has 0 aliphatic heterocycles. The van der Waals surface area contributed by atoms with Gasteiger partial charge in [0.25, 0.3) is 0 Å². The van der Waals surface area contributed by atoms with Gasteiger partial charge in [-0.25, -0.2) is 14.6 Å². The highest BCUT2D eigenvalue weighted by Gasteiger charge is 2.03. The van der Waals surface area contributed by atoms with E-state index in [2.05, 4.69) is 20.4 Å². The second kappa shape index (κ2) is 7.93. The molecule has 3 rings (SSSR count). The average Bonchev–Trinajstić information content (AvgIpc) is 3.21. The lowest BCUT2D eigenvalue weighted by molar-refractivity contribution is -0.111. The normalized spacial score (nSPS) is 10.7. The molecule has 0 bridgehead atoms. The molecule has 8 nitrogen and oxygen atoms in total. The van der Waals surface area contributed by atoms with Crippen molar-refractivity contribution in [2.24, 2.45) is 0 Å². The van der Waals surface area contributed by atoms with Crippen LogP contribution in [0, 0.1) is 0 Å². The van der Waals surface area contributed by atoms with Crippen molar-refractivity contribution < 1.29 is 14.3 Å². The van der Waals surface area contributed by atoms with Crippen LogP contribution in [0.5, 0.6) is 11.5 Å². The lowest BCUT2D eigenvalue weighted by Gasteiger charge is -2.06. The Kier molecular flexibility index (Phi) is 5.23. The molecule has 0 aliphatic carbocycles. The molecular formula is C18H17N5O3. The SMILES string of the molecule is COc1cc(/C=C/C(=O)Nc2ccc(-n3cncn3)nc2)cc(OC)c1. The number of aromatic nitrogens is 4. The highest BCUT2D eigenvalue weighted by Crippen LogP contribution is 2.23. The third-order valence-electron chi connectivity index (χ3n) is 3.47. The van der Waals surface area contributed by atoms with Gasteiger partial charge >= 0.3 is 0 Å². The molecule has 0 fully saturated rings. The van der Waals surface area contributed by atoms with E-state index in [1.165, 1.54) is 17.1 Å². The smallest absolute Gasteiger partial charge is 0.248 e. The Morgan fingerprint density at radius 3 is 2.50 bits per heavy atom. The Labute approximate surface area is 150 Å². The molecule has 2 heterocycles. The molecule has 0 unspecified atom stereocenters. The average molecular weight is 351 g/mol. The molecule has 0 atom stereocenters. The highest BCUT2D eigenvalue weighted by molar-refractivity contribution is 6.01. The number of methoxy groups -OCH3 is 2. The fraction of sp³-hybridized carbons (Fsp3) is 0.111. The van der Waals surface area contributed by atoms with Crippen LogP contribution in [0.1, 0.15) is 5.56 Å². The third kappa shape index (κ3) is 4.23. The Bertz CT molecular complexity index is 883.